The number of benzene rings is 2. The van der Waals surface area contributed by atoms with Gasteiger partial charge in [0, 0.05) is 53.2 Å². The van der Waals surface area contributed by atoms with Crippen LogP contribution in [0.4, 0.5) is 4.39 Å². The standard InChI is InChI=1S/C30H22FN7S/c31-26-10-9-25(39-26)22-7-4-8-24-27(22)36-30(35-24)28-23-12-21(17-34-29(23)38-37-28)20-11-19(15-33-16-20)14-32-13-18-5-2-1-3-6-18/h1-12,15-17,32H,13-14H2,(H,35,36)(H,34,37,38). The minimum Gasteiger partial charge on any atom is -0.337 e. The molecule has 0 spiro atoms. The van der Waals surface area contributed by atoms with Gasteiger partial charge in [0.05, 0.1) is 16.4 Å². The van der Waals surface area contributed by atoms with Gasteiger partial charge in [0.15, 0.2) is 16.6 Å². The van der Waals surface area contributed by atoms with Gasteiger partial charge in [0.25, 0.3) is 0 Å². The van der Waals surface area contributed by atoms with Gasteiger partial charge in [-0.15, -0.1) is 11.3 Å². The van der Waals surface area contributed by atoms with E-state index >= 15 is 0 Å². The highest BCUT2D eigenvalue weighted by Gasteiger charge is 2.17. The van der Waals surface area contributed by atoms with Gasteiger partial charge in [0.1, 0.15) is 5.69 Å². The zero-order valence-electron chi connectivity index (χ0n) is 20.6. The fraction of sp³-hybridized carbons (Fsp3) is 0.0667. The van der Waals surface area contributed by atoms with Crippen LogP contribution in [0.25, 0.3) is 55.2 Å². The lowest BCUT2D eigenvalue weighted by atomic mass is 10.1. The highest BCUT2D eigenvalue weighted by molar-refractivity contribution is 7.14. The Bertz CT molecular complexity index is 1920. The van der Waals surface area contributed by atoms with E-state index in [0.29, 0.717) is 18.0 Å². The van der Waals surface area contributed by atoms with Gasteiger partial charge in [-0.2, -0.15) is 9.49 Å². The Labute approximate surface area is 226 Å². The van der Waals surface area contributed by atoms with Crippen molar-refractivity contribution >= 4 is 33.4 Å². The normalized spacial score (nSPS) is 11.5. The largest absolute Gasteiger partial charge is 0.337 e. The van der Waals surface area contributed by atoms with E-state index in [1.807, 2.05) is 55.0 Å². The number of aromatic amines is 2. The lowest BCUT2D eigenvalue weighted by Crippen LogP contribution is -2.12. The van der Waals surface area contributed by atoms with Crippen molar-refractivity contribution in [2.24, 2.45) is 0 Å². The van der Waals surface area contributed by atoms with Crippen LogP contribution in [0.3, 0.4) is 0 Å². The quantitative estimate of drug-likeness (QED) is 0.212. The van der Waals surface area contributed by atoms with E-state index < -0.39 is 0 Å². The number of para-hydroxylation sites is 1. The lowest BCUT2D eigenvalue weighted by molar-refractivity contribution is 0.657. The molecule has 39 heavy (non-hydrogen) atoms. The number of thiophene rings is 1. The third kappa shape index (κ3) is 4.58. The second-order valence-corrected chi connectivity index (χ2v) is 10.3. The number of hydrogen-bond donors (Lipinski definition) is 3. The number of halogens is 1. The fourth-order valence-electron chi connectivity index (χ4n) is 4.74. The fourth-order valence-corrected chi connectivity index (χ4v) is 5.49. The Morgan fingerprint density at radius 1 is 0.846 bits per heavy atom. The molecule has 0 bridgehead atoms. The van der Waals surface area contributed by atoms with E-state index in [0.717, 1.165) is 67.1 Å². The highest BCUT2D eigenvalue weighted by Crippen LogP contribution is 2.35. The summed E-state index contributed by atoms with van der Waals surface area (Å²) in [5.74, 6) is 0.646. The van der Waals surface area contributed by atoms with E-state index in [-0.39, 0.29) is 5.13 Å². The highest BCUT2D eigenvalue weighted by atomic mass is 32.1. The molecule has 0 aliphatic rings. The minimum atomic E-state index is -0.221. The third-order valence-electron chi connectivity index (χ3n) is 6.63. The average molecular weight is 532 g/mol. The van der Waals surface area contributed by atoms with Crippen molar-refractivity contribution in [3.63, 3.8) is 0 Å². The second-order valence-electron chi connectivity index (χ2n) is 9.26. The second kappa shape index (κ2) is 9.86. The Hall–Kier alpha value is -4.73. The lowest BCUT2D eigenvalue weighted by Gasteiger charge is -2.07. The van der Waals surface area contributed by atoms with Crippen molar-refractivity contribution in [1.82, 2.24) is 35.5 Å². The number of nitrogens with one attached hydrogen (secondary N) is 3. The molecule has 7 rings (SSSR count). The smallest absolute Gasteiger partial charge is 0.181 e. The van der Waals surface area contributed by atoms with Crippen LogP contribution in [0.2, 0.25) is 0 Å². The summed E-state index contributed by atoms with van der Waals surface area (Å²) in [7, 11) is 0. The molecule has 0 saturated heterocycles. The molecule has 5 aromatic heterocycles. The van der Waals surface area contributed by atoms with Crippen molar-refractivity contribution in [1.29, 1.82) is 0 Å². The van der Waals surface area contributed by atoms with Gasteiger partial charge in [0.2, 0.25) is 0 Å². The summed E-state index contributed by atoms with van der Waals surface area (Å²) in [6.45, 7) is 1.50. The number of hydrogen-bond acceptors (Lipinski definition) is 6. The van der Waals surface area contributed by atoms with Gasteiger partial charge < -0.3 is 10.3 Å². The molecule has 7 nitrogen and oxygen atoms in total. The van der Waals surface area contributed by atoms with E-state index in [1.54, 1.807) is 6.07 Å². The number of nitrogens with zero attached hydrogens (tertiary/aromatic N) is 4. The number of fused-ring (bicyclic) bond motifs is 2. The first-order valence-corrected chi connectivity index (χ1v) is 13.3. The van der Waals surface area contributed by atoms with Crippen molar-refractivity contribution in [2.75, 3.05) is 0 Å². The van der Waals surface area contributed by atoms with Crippen molar-refractivity contribution in [2.45, 2.75) is 13.1 Å². The van der Waals surface area contributed by atoms with Crippen LogP contribution in [0.1, 0.15) is 11.1 Å². The summed E-state index contributed by atoms with van der Waals surface area (Å²) >= 11 is 1.11. The molecule has 7 aromatic rings. The third-order valence-corrected chi connectivity index (χ3v) is 7.53. The van der Waals surface area contributed by atoms with Crippen LogP contribution in [0.5, 0.6) is 0 Å². The van der Waals surface area contributed by atoms with Crippen LogP contribution in [0, 0.1) is 5.13 Å². The molecule has 0 radical (unpaired) electrons. The number of aromatic nitrogens is 6. The molecule has 5 heterocycles. The molecule has 3 N–H and O–H groups in total. The van der Waals surface area contributed by atoms with Crippen LogP contribution < -0.4 is 5.32 Å². The Kier molecular flexibility index (Phi) is 5.92. The summed E-state index contributed by atoms with van der Waals surface area (Å²) < 4.78 is 13.7. The Morgan fingerprint density at radius 3 is 2.59 bits per heavy atom. The van der Waals surface area contributed by atoms with Crippen LogP contribution >= 0.6 is 11.3 Å². The van der Waals surface area contributed by atoms with Crippen molar-refractivity contribution in [3.8, 4) is 33.1 Å². The van der Waals surface area contributed by atoms with E-state index in [2.05, 4.69) is 54.7 Å². The summed E-state index contributed by atoms with van der Waals surface area (Å²) in [6.07, 6.45) is 5.53. The summed E-state index contributed by atoms with van der Waals surface area (Å²) in [5.41, 5.74) is 8.11. The Balaban J connectivity index is 1.20. The molecule has 0 saturated carbocycles. The van der Waals surface area contributed by atoms with Crippen molar-refractivity contribution in [3.05, 3.63) is 108 Å². The maximum atomic E-state index is 13.7. The maximum Gasteiger partial charge on any atom is 0.181 e. The van der Waals surface area contributed by atoms with Crippen LogP contribution in [-0.4, -0.2) is 30.1 Å². The zero-order valence-corrected chi connectivity index (χ0v) is 21.5. The molecule has 2 aromatic carbocycles. The molecular formula is C30H22FN7S. The minimum absolute atomic E-state index is 0.221. The van der Waals surface area contributed by atoms with Gasteiger partial charge in [-0.1, -0.05) is 42.5 Å². The number of H-pyrrole nitrogens is 2. The van der Waals surface area contributed by atoms with E-state index in [9.17, 15) is 4.39 Å². The monoisotopic (exact) mass is 531 g/mol. The number of rotatable bonds is 7. The zero-order chi connectivity index (χ0) is 26.2. The summed E-state index contributed by atoms with van der Waals surface area (Å²) in [5, 5.41) is 11.6. The summed E-state index contributed by atoms with van der Waals surface area (Å²) in [6, 6.07) is 23.6. The van der Waals surface area contributed by atoms with Crippen LogP contribution in [0.15, 0.2) is 91.4 Å². The van der Waals surface area contributed by atoms with E-state index in [1.165, 1.54) is 11.6 Å². The summed E-state index contributed by atoms with van der Waals surface area (Å²) in [4.78, 5) is 18.2. The molecule has 0 unspecified atom stereocenters. The van der Waals surface area contributed by atoms with E-state index in [4.69, 9.17) is 4.98 Å². The SMILES string of the molecule is Fc1ccc(-c2cccc3[nH]c(-c4[nH]nc5ncc(-c6cncc(CNCc7ccccc7)c6)cc45)nc23)s1. The average Bonchev–Trinajstić information content (AvgIpc) is 3.71. The molecule has 0 amide bonds. The predicted molar refractivity (Wildman–Crippen MR) is 152 cm³/mol. The first-order valence-electron chi connectivity index (χ1n) is 12.5. The molecular weight excluding hydrogens is 509 g/mol. The first-order chi connectivity index (χ1) is 19.2. The van der Waals surface area contributed by atoms with Gasteiger partial charge in [-0.3, -0.25) is 10.1 Å². The maximum absolute atomic E-state index is 13.7. The number of imidazole rings is 1. The number of pyridine rings is 2. The van der Waals surface area contributed by atoms with Gasteiger partial charge in [-0.25, -0.2) is 9.97 Å². The molecule has 0 atom stereocenters. The molecule has 0 fully saturated rings. The molecule has 0 aliphatic heterocycles. The molecule has 190 valence electrons. The molecule has 9 heteroatoms. The van der Waals surface area contributed by atoms with Gasteiger partial charge in [-0.05, 0) is 41.5 Å². The molecule has 0 aliphatic carbocycles. The van der Waals surface area contributed by atoms with Crippen molar-refractivity contribution < 1.29 is 4.39 Å². The van der Waals surface area contributed by atoms with Gasteiger partial charge >= 0.3 is 0 Å². The van der Waals surface area contributed by atoms with Crippen LogP contribution in [-0.2, 0) is 13.1 Å². The predicted octanol–water partition coefficient (Wildman–Crippen LogP) is 6.72. The topological polar surface area (TPSA) is 95.2 Å². The Morgan fingerprint density at radius 2 is 1.72 bits per heavy atom. The first kappa shape index (κ1) is 23.4.